The molecule has 0 radical (unpaired) electrons. The topological polar surface area (TPSA) is 32.3 Å². The fraction of sp³-hybridized carbons (Fsp3) is 0.562. The zero-order valence-corrected chi connectivity index (χ0v) is 12.4. The van der Waals surface area contributed by atoms with Crippen molar-refractivity contribution in [2.75, 3.05) is 18.4 Å². The molecule has 0 spiro atoms. The molecule has 110 valence electrons. The monoisotopic (exact) mass is 278 g/mol. The first-order valence-electron chi connectivity index (χ1n) is 7.28. The summed E-state index contributed by atoms with van der Waals surface area (Å²) in [5.41, 5.74) is 1.11. The smallest absolute Gasteiger partial charge is 0.241 e. The highest BCUT2D eigenvalue weighted by Gasteiger charge is 2.25. The van der Waals surface area contributed by atoms with Gasteiger partial charge < -0.3 is 5.32 Å². The molecule has 0 aliphatic carbocycles. The van der Waals surface area contributed by atoms with Crippen LogP contribution in [-0.2, 0) is 4.79 Å². The summed E-state index contributed by atoms with van der Waals surface area (Å²) < 4.78 is 13.5. The molecule has 0 bridgehead atoms. The van der Waals surface area contributed by atoms with Crippen LogP contribution in [0.5, 0.6) is 0 Å². The Hall–Kier alpha value is -1.42. The van der Waals surface area contributed by atoms with Crippen LogP contribution in [0, 0.1) is 18.7 Å². The molecule has 1 aromatic carbocycles. The minimum atomic E-state index is -0.290. The third-order valence-corrected chi connectivity index (χ3v) is 4.05. The molecule has 1 amide bonds. The molecule has 1 aromatic rings. The number of rotatable bonds is 3. The van der Waals surface area contributed by atoms with Crippen LogP contribution in [0.25, 0.3) is 0 Å². The van der Waals surface area contributed by atoms with E-state index in [4.69, 9.17) is 0 Å². The van der Waals surface area contributed by atoms with Gasteiger partial charge in [0, 0.05) is 12.2 Å². The van der Waals surface area contributed by atoms with Crippen molar-refractivity contribution in [3.05, 3.63) is 29.6 Å². The van der Waals surface area contributed by atoms with Crippen molar-refractivity contribution in [1.29, 1.82) is 0 Å². The Morgan fingerprint density at radius 3 is 2.90 bits per heavy atom. The van der Waals surface area contributed by atoms with E-state index in [-0.39, 0.29) is 17.8 Å². The number of carbonyl (C=O) groups excluding carboxylic acids is 1. The molecule has 3 nitrogen and oxygen atoms in total. The zero-order valence-electron chi connectivity index (χ0n) is 12.4. The third kappa shape index (κ3) is 3.57. The summed E-state index contributed by atoms with van der Waals surface area (Å²) >= 11 is 0. The largest absolute Gasteiger partial charge is 0.325 e. The highest BCUT2D eigenvalue weighted by molar-refractivity contribution is 5.94. The molecular weight excluding hydrogens is 255 g/mol. The maximum Gasteiger partial charge on any atom is 0.241 e. The molecule has 0 saturated carbocycles. The van der Waals surface area contributed by atoms with E-state index in [2.05, 4.69) is 17.1 Å². The van der Waals surface area contributed by atoms with Crippen LogP contribution >= 0.6 is 0 Å². The molecule has 20 heavy (non-hydrogen) atoms. The average molecular weight is 278 g/mol. The van der Waals surface area contributed by atoms with Crippen molar-refractivity contribution in [3.8, 4) is 0 Å². The van der Waals surface area contributed by atoms with Crippen LogP contribution < -0.4 is 5.32 Å². The first-order valence-corrected chi connectivity index (χ1v) is 7.28. The van der Waals surface area contributed by atoms with Gasteiger partial charge in [0.2, 0.25) is 5.91 Å². The minimum Gasteiger partial charge on any atom is -0.325 e. The maximum atomic E-state index is 13.5. The molecule has 1 N–H and O–H groups in total. The van der Waals surface area contributed by atoms with Gasteiger partial charge in [0.15, 0.2) is 0 Å². The summed E-state index contributed by atoms with van der Waals surface area (Å²) in [7, 11) is 0. The van der Waals surface area contributed by atoms with Crippen molar-refractivity contribution in [2.45, 2.75) is 39.7 Å². The summed E-state index contributed by atoms with van der Waals surface area (Å²) in [4.78, 5) is 14.4. The summed E-state index contributed by atoms with van der Waals surface area (Å²) in [6.45, 7) is 7.75. The van der Waals surface area contributed by atoms with Crippen molar-refractivity contribution >= 4 is 11.6 Å². The van der Waals surface area contributed by atoms with E-state index in [9.17, 15) is 9.18 Å². The number of carbonyl (C=O) groups is 1. The van der Waals surface area contributed by atoms with Gasteiger partial charge in [0.25, 0.3) is 0 Å². The van der Waals surface area contributed by atoms with E-state index in [1.165, 1.54) is 12.5 Å². The van der Waals surface area contributed by atoms with E-state index in [0.717, 1.165) is 19.5 Å². The Balaban J connectivity index is 1.98. The Kier molecular flexibility index (Phi) is 4.76. The lowest BCUT2D eigenvalue weighted by Crippen LogP contribution is -2.46. The van der Waals surface area contributed by atoms with Crippen LogP contribution in [-0.4, -0.2) is 29.9 Å². The van der Waals surface area contributed by atoms with Gasteiger partial charge >= 0.3 is 0 Å². The lowest BCUT2D eigenvalue weighted by molar-refractivity contribution is -0.121. The van der Waals surface area contributed by atoms with E-state index >= 15 is 0 Å². The van der Waals surface area contributed by atoms with Crippen LogP contribution in [0.3, 0.4) is 0 Å². The number of benzene rings is 1. The Labute approximate surface area is 120 Å². The fourth-order valence-corrected chi connectivity index (χ4v) is 2.66. The standard InChI is InChI=1S/C16H23FN2O/c1-11-5-4-8-19(10-11)13(3)16(20)18-14-7-6-12(2)15(17)9-14/h6-7,9,11,13H,4-5,8,10H2,1-3H3,(H,18,20). The number of amides is 1. The molecule has 1 heterocycles. The van der Waals surface area contributed by atoms with Crippen LogP contribution in [0.4, 0.5) is 10.1 Å². The Bertz CT molecular complexity index is 489. The van der Waals surface area contributed by atoms with Gasteiger partial charge in [-0.2, -0.15) is 0 Å². The lowest BCUT2D eigenvalue weighted by atomic mass is 9.99. The molecule has 1 aliphatic heterocycles. The number of piperidine rings is 1. The van der Waals surface area contributed by atoms with Gasteiger partial charge in [-0.1, -0.05) is 13.0 Å². The maximum absolute atomic E-state index is 13.5. The first kappa shape index (κ1) is 15.0. The normalized spacial score (nSPS) is 21.5. The van der Waals surface area contributed by atoms with Gasteiger partial charge in [0.1, 0.15) is 5.82 Å². The van der Waals surface area contributed by atoms with E-state index in [1.807, 2.05) is 6.92 Å². The minimum absolute atomic E-state index is 0.0673. The average Bonchev–Trinajstić information content (AvgIpc) is 2.42. The van der Waals surface area contributed by atoms with E-state index in [1.54, 1.807) is 19.1 Å². The number of aryl methyl sites for hydroxylation is 1. The van der Waals surface area contributed by atoms with Crippen molar-refractivity contribution in [1.82, 2.24) is 4.90 Å². The number of anilines is 1. The Morgan fingerprint density at radius 1 is 1.50 bits per heavy atom. The zero-order chi connectivity index (χ0) is 14.7. The van der Waals surface area contributed by atoms with Crippen molar-refractivity contribution < 1.29 is 9.18 Å². The molecule has 0 aromatic heterocycles. The first-order chi connectivity index (χ1) is 9.47. The van der Waals surface area contributed by atoms with Gasteiger partial charge in [0.05, 0.1) is 6.04 Å². The fourth-order valence-electron chi connectivity index (χ4n) is 2.66. The summed E-state index contributed by atoms with van der Waals surface area (Å²) in [5, 5.41) is 2.80. The van der Waals surface area contributed by atoms with Gasteiger partial charge in [-0.25, -0.2) is 4.39 Å². The third-order valence-electron chi connectivity index (χ3n) is 4.05. The molecule has 2 rings (SSSR count). The summed E-state index contributed by atoms with van der Waals surface area (Å²) in [6, 6.07) is 4.61. The second-order valence-electron chi connectivity index (χ2n) is 5.87. The van der Waals surface area contributed by atoms with E-state index in [0.29, 0.717) is 17.2 Å². The van der Waals surface area contributed by atoms with Crippen LogP contribution in [0.15, 0.2) is 18.2 Å². The summed E-state index contributed by atoms with van der Waals surface area (Å²) in [5.74, 6) is 0.278. The molecule has 4 heteroatoms. The van der Waals surface area contributed by atoms with Crippen LogP contribution in [0.2, 0.25) is 0 Å². The SMILES string of the molecule is Cc1ccc(NC(=O)C(C)N2CCCC(C)C2)cc1F. The number of hydrogen-bond donors (Lipinski definition) is 1. The predicted octanol–water partition coefficient (Wildman–Crippen LogP) is 3.19. The number of halogens is 1. The second kappa shape index (κ2) is 6.35. The molecule has 2 atom stereocenters. The number of hydrogen-bond acceptors (Lipinski definition) is 2. The number of nitrogens with one attached hydrogen (secondary N) is 1. The van der Waals surface area contributed by atoms with Gasteiger partial charge in [-0.05, 0) is 56.8 Å². The number of nitrogens with zero attached hydrogens (tertiary/aromatic N) is 1. The van der Waals surface area contributed by atoms with Gasteiger partial charge in [-0.3, -0.25) is 9.69 Å². The van der Waals surface area contributed by atoms with Crippen molar-refractivity contribution in [2.24, 2.45) is 5.92 Å². The summed E-state index contributed by atoms with van der Waals surface area (Å²) in [6.07, 6.45) is 2.37. The van der Waals surface area contributed by atoms with Gasteiger partial charge in [-0.15, -0.1) is 0 Å². The Morgan fingerprint density at radius 2 is 2.25 bits per heavy atom. The second-order valence-corrected chi connectivity index (χ2v) is 5.87. The van der Waals surface area contributed by atoms with Crippen molar-refractivity contribution in [3.63, 3.8) is 0 Å². The molecular formula is C16H23FN2O. The quantitative estimate of drug-likeness (QED) is 0.921. The number of likely N-dealkylation sites (tertiary alicyclic amines) is 1. The predicted molar refractivity (Wildman–Crippen MR) is 79.2 cm³/mol. The lowest BCUT2D eigenvalue weighted by Gasteiger charge is -2.34. The molecule has 1 saturated heterocycles. The van der Waals surface area contributed by atoms with E-state index < -0.39 is 0 Å². The molecule has 2 unspecified atom stereocenters. The highest BCUT2D eigenvalue weighted by atomic mass is 19.1. The molecule has 1 aliphatic rings. The highest BCUT2D eigenvalue weighted by Crippen LogP contribution is 2.19. The molecule has 1 fully saturated rings. The van der Waals surface area contributed by atoms with Crippen LogP contribution in [0.1, 0.15) is 32.3 Å².